The van der Waals surface area contributed by atoms with Gasteiger partial charge in [0.15, 0.2) is 16.5 Å². The second-order valence-electron chi connectivity index (χ2n) is 5.25. The lowest BCUT2D eigenvalue weighted by atomic mass is 10.1. The van der Waals surface area contributed by atoms with Crippen molar-refractivity contribution in [3.63, 3.8) is 0 Å². The minimum absolute atomic E-state index is 0.208. The van der Waals surface area contributed by atoms with E-state index in [1.807, 2.05) is 22.2 Å². The van der Waals surface area contributed by atoms with Gasteiger partial charge >= 0.3 is 0 Å². The largest absolute Gasteiger partial charge is 0.493 e. The molecule has 3 rings (SSSR count). The first-order valence-electron chi connectivity index (χ1n) is 7.65. The van der Waals surface area contributed by atoms with Crippen LogP contribution in [-0.4, -0.2) is 43.2 Å². The summed E-state index contributed by atoms with van der Waals surface area (Å²) in [5.41, 5.74) is 1.39. The SMILES string of the molecule is COc1cc(C(=O)NCCc2cn3ccsc3n2)cc(OC)c1OC. The Morgan fingerprint density at radius 2 is 1.92 bits per heavy atom. The van der Waals surface area contributed by atoms with Gasteiger partial charge in [0.25, 0.3) is 5.91 Å². The summed E-state index contributed by atoms with van der Waals surface area (Å²) < 4.78 is 17.8. The molecule has 3 aromatic rings. The molecule has 0 bridgehead atoms. The molecule has 0 unspecified atom stereocenters. The number of carbonyl (C=O) groups excluding carboxylic acids is 1. The Bertz CT molecular complexity index is 834. The maximum Gasteiger partial charge on any atom is 0.251 e. The van der Waals surface area contributed by atoms with Crippen LogP contribution >= 0.6 is 11.3 Å². The molecule has 8 heteroatoms. The Kier molecular flexibility index (Phi) is 5.08. The van der Waals surface area contributed by atoms with Gasteiger partial charge < -0.3 is 19.5 Å². The van der Waals surface area contributed by atoms with E-state index in [2.05, 4.69) is 10.3 Å². The molecule has 25 heavy (non-hydrogen) atoms. The molecule has 0 saturated heterocycles. The lowest BCUT2D eigenvalue weighted by Crippen LogP contribution is -2.25. The monoisotopic (exact) mass is 361 g/mol. The maximum absolute atomic E-state index is 12.4. The Labute approximate surface area is 149 Å². The number of ether oxygens (including phenoxy) is 3. The molecule has 0 atom stereocenters. The third-order valence-electron chi connectivity index (χ3n) is 3.74. The van der Waals surface area contributed by atoms with E-state index < -0.39 is 0 Å². The molecular weight excluding hydrogens is 342 g/mol. The molecule has 1 amide bonds. The molecule has 2 aromatic heterocycles. The lowest BCUT2D eigenvalue weighted by Gasteiger charge is -2.14. The normalized spacial score (nSPS) is 10.7. The smallest absolute Gasteiger partial charge is 0.251 e. The zero-order chi connectivity index (χ0) is 17.8. The van der Waals surface area contributed by atoms with Gasteiger partial charge in [-0.2, -0.15) is 0 Å². The highest BCUT2D eigenvalue weighted by Crippen LogP contribution is 2.38. The molecule has 1 N–H and O–H groups in total. The summed E-state index contributed by atoms with van der Waals surface area (Å²) in [4.78, 5) is 17.8. The number of fused-ring (bicyclic) bond motifs is 1. The summed E-state index contributed by atoms with van der Waals surface area (Å²) in [6.45, 7) is 0.486. The number of aromatic nitrogens is 2. The first-order valence-corrected chi connectivity index (χ1v) is 8.53. The van der Waals surface area contributed by atoms with Crippen molar-refractivity contribution in [2.24, 2.45) is 0 Å². The highest BCUT2D eigenvalue weighted by molar-refractivity contribution is 7.15. The number of rotatable bonds is 7. The van der Waals surface area contributed by atoms with Crippen molar-refractivity contribution in [2.75, 3.05) is 27.9 Å². The van der Waals surface area contributed by atoms with E-state index in [-0.39, 0.29) is 5.91 Å². The predicted octanol–water partition coefficient (Wildman–Crippen LogP) is 2.39. The van der Waals surface area contributed by atoms with Gasteiger partial charge in [-0.15, -0.1) is 11.3 Å². The summed E-state index contributed by atoms with van der Waals surface area (Å²) in [6.07, 6.45) is 4.59. The van der Waals surface area contributed by atoms with E-state index in [4.69, 9.17) is 14.2 Å². The summed E-state index contributed by atoms with van der Waals surface area (Å²) in [5, 5.41) is 4.87. The molecule has 0 fully saturated rings. The number of nitrogens with one attached hydrogen (secondary N) is 1. The maximum atomic E-state index is 12.4. The van der Waals surface area contributed by atoms with Crippen molar-refractivity contribution in [1.82, 2.24) is 14.7 Å². The van der Waals surface area contributed by atoms with E-state index in [9.17, 15) is 4.79 Å². The van der Waals surface area contributed by atoms with Crippen LogP contribution in [0.25, 0.3) is 4.96 Å². The van der Waals surface area contributed by atoms with E-state index >= 15 is 0 Å². The zero-order valence-corrected chi connectivity index (χ0v) is 15.1. The van der Waals surface area contributed by atoms with Gasteiger partial charge in [0.05, 0.1) is 27.0 Å². The molecule has 7 nitrogen and oxygen atoms in total. The second kappa shape index (κ2) is 7.43. The Morgan fingerprint density at radius 3 is 2.52 bits per heavy atom. The highest BCUT2D eigenvalue weighted by atomic mass is 32.1. The number of carbonyl (C=O) groups is 1. The summed E-state index contributed by atoms with van der Waals surface area (Å²) in [7, 11) is 4.56. The van der Waals surface area contributed by atoms with E-state index in [1.165, 1.54) is 21.3 Å². The van der Waals surface area contributed by atoms with Gasteiger partial charge in [-0.05, 0) is 12.1 Å². The van der Waals surface area contributed by atoms with Crippen molar-refractivity contribution < 1.29 is 19.0 Å². The third-order valence-corrected chi connectivity index (χ3v) is 4.51. The van der Waals surface area contributed by atoms with Gasteiger partial charge in [0, 0.05) is 36.3 Å². The number of nitrogens with zero attached hydrogens (tertiary/aromatic N) is 2. The Hall–Kier alpha value is -2.74. The average molecular weight is 361 g/mol. The van der Waals surface area contributed by atoms with E-state index in [0.717, 1.165) is 10.7 Å². The number of imidazole rings is 1. The number of thiazole rings is 1. The number of amides is 1. The Morgan fingerprint density at radius 1 is 1.20 bits per heavy atom. The van der Waals surface area contributed by atoms with E-state index in [1.54, 1.807) is 23.5 Å². The fourth-order valence-electron chi connectivity index (χ4n) is 2.51. The number of methoxy groups -OCH3 is 3. The molecule has 1 aromatic carbocycles. The highest BCUT2D eigenvalue weighted by Gasteiger charge is 2.16. The third kappa shape index (κ3) is 3.53. The van der Waals surface area contributed by atoms with Crippen LogP contribution in [0.1, 0.15) is 16.1 Å². The lowest BCUT2D eigenvalue weighted by molar-refractivity contribution is 0.0953. The molecular formula is C17H19N3O4S. The van der Waals surface area contributed by atoms with Gasteiger partial charge in [0.1, 0.15) is 0 Å². The van der Waals surface area contributed by atoms with Crippen LogP contribution in [0.4, 0.5) is 0 Å². The molecule has 2 heterocycles. The predicted molar refractivity (Wildman–Crippen MR) is 95.2 cm³/mol. The van der Waals surface area contributed by atoms with Crippen molar-refractivity contribution in [3.8, 4) is 17.2 Å². The van der Waals surface area contributed by atoms with Crippen LogP contribution in [0.5, 0.6) is 17.2 Å². The fourth-order valence-corrected chi connectivity index (χ4v) is 3.23. The molecule has 0 aliphatic heterocycles. The fraction of sp³-hybridized carbons (Fsp3) is 0.294. The van der Waals surface area contributed by atoms with Crippen LogP contribution in [0.3, 0.4) is 0 Å². The van der Waals surface area contributed by atoms with Gasteiger partial charge in [-0.3, -0.25) is 9.20 Å². The van der Waals surface area contributed by atoms with Gasteiger partial charge in [0.2, 0.25) is 5.75 Å². The first-order chi connectivity index (χ1) is 12.2. The number of benzene rings is 1. The zero-order valence-electron chi connectivity index (χ0n) is 14.2. The standard InChI is InChI=1S/C17H19N3O4S/c1-22-13-8-11(9-14(23-2)15(13)24-3)16(21)18-5-4-12-10-20-6-7-25-17(20)19-12/h6-10H,4-5H2,1-3H3,(H,18,21). The molecule has 0 aliphatic carbocycles. The second-order valence-corrected chi connectivity index (χ2v) is 6.12. The van der Waals surface area contributed by atoms with Crippen LogP contribution in [0.2, 0.25) is 0 Å². The topological polar surface area (TPSA) is 74.1 Å². The van der Waals surface area contributed by atoms with Crippen LogP contribution in [0, 0.1) is 0 Å². The van der Waals surface area contributed by atoms with Gasteiger partial charge in [-0.1, -0.05) is 0 Å². The van der Waals surface area contributed by atoms with Crippen LogP contribution < -0.4 is 19.5 Å². The van der Waals surface area contributed by atoms with Crippen molar-refractivity contribution >= 4 is 22.2 Å². The summed E-state index contributed by atoms with van der Waals surface area (Å²) in [6, 6.07) is 3.26. The van der Waals surface area contributed by atoms with Crippen molar-refractivity contribution in [2.45, 2.75) is 6.42 Å². The number of hydrogen-bond acceptors (Lipinski definition) is 6. The minimum atomic E-state index is -0.208. The Balaban J connectivity index is 1.67. The first kappa shape index (κ1) is 17.1. The quantitative estimate of drug-likeness (QED) is 0.699. The number of hydrogen-bond donors (Lipinski definition) is 1. The minimum Gasteiger partial charge on any atom is -0.493 e. The molecule has 0 saturated carbocycles. The summed E-state index contributed by atoms with van der Waals surface area (Å²) in [5.74, 6) is 1.14. The van der Waals surface area contributed by atoms with Crippen molar-refractivity contribution in [1.29, 1.82) is 0 Å². The van der Waals surface area contributed by atoms with E-state index in [0.29, 0.717) is 35.8 Å². The summed E-state index contributed by atoms with van der Waals surface area (Å²) >= 11 is 1.58. The molecule has 0 spiro atoms. The molecule has 132 valence electrons. The van der Waals surface area contributed by atoms with Crippen LogP contribution in [-0.2, 0) is 6.42 Å². The van der Waals surface area contributed by atoms with Gasteiger partial charge in [-0.25, -0.2) is 4.98 Å². The molecule has 0 aliphatic rings. The average Bonchev–Trinajstić information content (AvgIpc) is 3.21. The molecule has 0 radical (unpaired) electrons. The van der Waals surface area contributed by atoms with Crippen molar-refractivity contribution in [3.05, 3.63) is 41.2 Å². The van der Waals surface area contributed by atoms with Crippen LogP contribution in [0.15, 0.2) is 29.9 Å².